The van der Waals surface area contributed by atoms with Gasteiger partial charge in [0.1, 0.15) is 0 Å². The second-order valence-corrected chi connectivity index (χ2v) is 7.00. The number of rotatable bonds is 6. The molecule has 4 heteroatoms. The molecule has 0 amide bonds. The predicted octanol–water partition coefficient (Wildman–Crippen LogP) is 3.67. The number of hydrogen-bond donors (Lipinski definition) is 0. The summed E-state index contributed by atoms with van der Waals surface area (Å²) in [6.45, 7) is 2.23. The van der Waals surface area contributed by atoms with E-state index in [0.717, 1.165) is 24.3 Å². The fraction of sp³-hybridized carbons (Fsp3) is 0.600. The Hall–Kier alpha value is -0.870. The van der Waals surface area contributed by atoms with E-state index in [9.17, 15) is 8.42 Å². The molecule has 1 aromatic rings. The van der Waals surface area contributed by atoms with Crippen molar-refractivity contribution >= 4 is 10.1 Å². The first-order valence-corrected chi connectivity index (χ1v) is 8.45. The molecule has 0 radical (unpaired) electrons. The van der Waals surface area contributed by atoms with Gasteiger partial charge in [0.2, 0.25) is 0 Å². The first-order chi connectivity index (χ1) is 9.08. The van der Waals surface area contributed by atoms with Crippen molar-refractivity contribution in [1.82, 2.24) is 0 Å². The minimum atomic E-state index is -3.57. The van der Waals surface area contributed by atoms with Crippen molar-refractivity contribution in [2.45, 2.75) is 50.3 Å². The minimum absolute atomic E-state index is 0.249. The summed E-state index contributed by atoms with van der Waals surface area (Å²) >= 11 is 0. The fourth-order valence-electron chi connectivity index (χ4n) is 2.61. The molecule has 2 rings (SSSR count). The molecule has 1 saturated carbocycles. The maximum Gasteiger partial charge on any atom is 0.296 e. The lowest BCUT2D eigenvalue weighted by Gasteiger charge is -2.09. The summed E-state index contributed by atoms with van der Waals surface area (Å²) in [5.41, 5.74) is 1.04. The molecule has 1 aromatic carbocycles. The van der Waals surface area contributed by atoms with Gasteiger partial charge in [0.15, 0.2) is 0 Å². The molecule has 1 aliphatic carbocycles. The third kappa shape index (κ3) is 4.32. The first-order valence-electron chi connectivity index (χ1n) is 7.04. The van der Waals surface area contributed by atoms with Crippen LogP contribution in [0.15, 0.2) is 29.2 Å². The van der Waals surface area contributed by atoms with Gasteiger partial charge in [-0.25, -0.2) is 0 Å². The summed E-state index contributed by atoms with van der Waals surface area (Å²) in [5.74, 6) is 0.783. The number of benzene rings is 1. The summed E-state index contributed by atoms with van der Waals surface area (Å²) in [5, 5.41) is 0. The highest BCUT2D eigenvalue weighted by atomic mass is 32.2. The standard InChI is InChI=1S/C15H22O3S/c1-13-8-10-15(11-9-13)19(16,17)18-12-4-7-14-5-2-3-6-14/h8-11,14H,2-7,12H2,1H3. The normalized spacial score (nSPS) is 16.9. The Morgan fingerprint density at radius 3 is 2.42 bits per heavy atom. The second-order valence-electron chi connectivity index (χ2n) is 5.38. The molecule has 0 atom stereocenters. The number of hydrogen-bond acceptors (Lipinski definition) is 3. The van der Waals surface area contributed by atoms with E-state index in [0.29, 0.717) is 6.61 Å². The van der Waals surface area contributed by atoms with Crippen LogP contribution in [-0.2, 0) is 14.3 Å². The SMILES string of the molecule is Cc1ccc(S(=O)(=O)OCCCC2CCCC2)cc1. The molecule has 0 unspecified atom stereocenters. The van der Waals surface area contributed by atoms with Crippen LogP contribution in [0.5, 0.6) is 0 Å². The molecule has 1 fully saturated rings. The van der Waals surface area contributed by atoms with Crippen molar-refractivity contribution in [3.63, 3.8) is 0 Å². The molecule has 0 saturated heterocycles. The molecule has 0 heterocycles. The molecule has 106 valence electrons. The van der Waals surface area contributed by atoms with Crippen LogP contribution in [0.3, 0.4) is 0 Å². The van der Waals surface area contributed by atoms with E-state index in [1.165, 1.54) is 25.7 Å². The Kier molecular flexibility index (Phi) is 4.99. The smallest absolute Gasteiger partial charge is 0.266 e. The van der Waals surface area contributed by atoms with E-state index in [1.807, 2.05) is 6.92 Å². The van der Waals surface area contributed by atoms with Gasteiger partial charge in [-0.2, -0.15) is 8.42 Å². The topological polar surface area (TPSA) is 43.4 Å². The molecular formula is C15H22O3S. The predicted molar refractivity (Wildman–Crippen MR) is 75.5 cm³/mol. The van der Waals surface area contributed by atoms with Gasteiger partial charge in [0.25, 0.3) is 10.1 Å². The molecule has 3 nitrogen and oxygen atoms in total. The molecule has 19 heavy (non-hydrogen) atoms. The van der Waals surface area contributed by atoms with E-state index in [2.05, 4.69) is 0 Å². The molecule has 0 aliphatic heterocycles. The summed E-state index contributed by atoms with van der Waals surface area (Å²) in [4.78, 5) is 0.249. The van der Waals surface area contributed by atoms with E-state index in [4.69, 9.17) is 4.18 Å². The number of aryl methyl sites for hydroxylation is 1. The zero-order valence-corrected chi connectivity index (χ0v) is 12.3. The van der Waals surface area contributed by atoms with E-state index < -0.39 is 10.1 Å². The van der Waals surface area contributed by atoms with Crippen LogP contribution in [0.1, 0.15) is 44.1 Å². The molecule has 1 aliphatic rings. The van der Waals surface area contributed by atoms with Crippen LogP contribution in [-0.4, -0.2) is 15.0 Å². The van der Waals surface area contributed by atoms with Crippen molar-refractivity contribution in [3.05, 3.63) is 29.8 Å². The maximum atomic E-state index is 11.9. The highest BCUT2D eigenvalue weighted by Gasteiger charge is 2.17. The van der Waals surface area contributed by atoms with E-state index >= 15 is 0 Å². The van der Waals surface area contributed by atoms with Gasteiger partial charge in [-0.3, -0.25) is 4.18 Å². The van der Waals surface area contributed by atoms with Gasteiger partial charge < -0.3 is 0 Å². The Labute approximate surface area is 116 Å². The van der Waals surface area contributed by atoms with Crippen LogP contribution in [0.4, 0.5) is 0 Å². The van der Waals surface area contributed by atoms with Crippen molar-refractivity contribution in [1.29, 1.82) is 0 Å². The lowest BCUT2D eigenvalue weighted by molar-refractivity contribution is 0.295. The third-order valence-electron chi connectivity index (χ3n) is 3.78. The van der Waals surface area contributed by atoms with Crippen molar-refractivity contribution in [2.24, 2.45) is 5.92 Å². The summed E-state index contributed by atoms with van der Waals surface area (Å²) < 4.78 is 28.9. The van der Waals surface area contributed by atoms with Gasteiger partial charge in [-0.1, -0.05) is 43.4 Å². The third-order valence-corrected chi connectivity index (χ3v) is 5.11. The molecule has 0 aromatic heterocycles. The average Bonchev–Trinajstić information content (AvgIpc) is 2.88. The lowest BCUT2D eigenvalue weighted by atomic mass is 10.0. The highest BCUT2D eigenvalue weighted by Crippen LogP contribution is 2.28. The Bertz CT molecular complexity index is 485. The van der Waals surface area contributed by atoms with Crippen LogP contribution in [0.25, 0.3) is 0 Å². The zero-order chi connectivity index (χ0) is 13.7. The van der Waals surface area contributed by atoms with Crippen LogP contribution in [0.2, 0.25) is 0 Å². The Balaban J connectivity index is 1.79. The largest absolute Gasteiger partial charge is 0.296 e. The second kappa shape index (κ2) is 6.53. The fourth-order valence-corrected chi connectivity index (χ4v) is 3.56. The van der Waals surface area contributed by atoms with E-state index in [-0.39, 0.29) is 4.90 Å². The monoisotopic (exact) mass is 282 g/mol. The van der Waals surface area contributed by atoms with Gasteiger partial charge >= 0.3 is 0 Å². The quantitative estimate of drug-likeness (QED) is 0.590. The van der Waals surface area contributed by atoms with Crippen molar-refractivity contribution in [2.75, 3.05) is 6.61 Å². The Morgan fingerprint density at radius 1 is 1.16 bits per heavy atom. The Morgan fingerprint density at radius 2 is 1.79 bits per heavy atom. The molecular weight excluding hydrogens is 260 g/mol. The van der Waals surface area contributed by atoms with Crippen molar-refractivity contribution in [3.8, 4) is 0 Å². The maximum absolute atomic E-state index is 11.9. The van der Waals surface area contributed by atoms with Crippen molar-refractivity contribution < 1.29 is 12.6 Å². The van der Waals surface area contributed by atoms with Crippen LogP contribution in [0, 0.1) is 12.8 Å². The molecule has 0 bridgehead atoms. The summed E-state index contributed by atoms with van der Waals surface area (Å²) in [6.07, 6.45) is 7.16. The zero-order valence-electron chi connectivity index (χ0n) is 11.5. The molecule has 0 N–H and O–H groups in total. The van der Waals surface area contributed by atoms with Gasteiger partial charge in [-0.05, 0) is 37.8 Å². The average molecular weight is 282 g/mol. The minimum Gasteiger partial charge on any atom is -0.266 e. The highest BCUT2D eigenvalue weighted by molar-refractivity contribution is 7.86. The lowest BCUT2D eigenvalue weighted by Crippen LogP contribution is -2.08. The molecule has 0 spiro atoms. The van der Waals surface area contributed by atoms with Gasteiger partial charge in [0, 0.05) is 0 Å². The first kappa shape index (κ1) is 14.5. The summed E-state index contributed by atoms with van der Waals surface area (Å²) in [7, 11) is -3.57. The van der Waals surface area contributed by atoms with Crippen LogP contribution >= 0.6 is 0 Å². The van der Waals surface area contributed by atoms with Crippen LogP contribution < -0.4 is 0 Å². The van der Waals surface area contributed by atoms with Gasteiger partial charge in [0.05, 0.1) is 11.5 Å². The van der Waals surface area contributed by atoms with E-state index in [1.54, 1.807) is 24.3 Å². The summed E-state index contributed by atoms with van der Waals surface area (Å²) in [6, 6.07) is 6.77. The van der Waals surface area contributed by atoms with Gasteiger partial charge in [-0.15, -0.1) is 0 Å².